The Morgan fingerprint density at radius 2 is 2.00 bits per heavy atom. The quantitative estimate of drug-likeness (QED) is 0.661. The van der Waals surface area contributed by atoms with Crippen LogP contribution in [-0.2, 0) is 6.18 Å². The molecule has 0 saturated carbocycles. The maximum atomic E-state index is 12.6. The highest BCUT2D eigenvalue weighted by atomic mass is 35.5. The molecule has 0 aliphatic carbocycles. The van der Waals surface area contributed by atoms with Crippen LogP contribution in [0.2, 0.25) is 5.02 Å². The standard InChI is InChI=1S/C16H12ClF3N2O2/c1-24-14-6-5-13(17)8-11(14)9-21-22-15(23)10-3-2-4-12(7-10)16(18,19)20/h2-9H,1H3,(H,22,23)/b21-9-. The number of rotatable bonds is 4. The van der Waals surface area contributed by atoms with E-state index in [1.807, 2.05) is 0 Å². The number of nitrogens with one attached hydrogen (secondary N) is 1. The average Bonchev–Trinajstić information content (AvgIpc) is 2.54. The minimum Gasteiger partial charge on any atom is -0.496 e. The molecule has 8 heteroatoms. The Morgan fingerprint density at radius 3 is 2.67 bits per heavy atom. The second kappa shape index (κ2) is 7.35. The van der Waals surface area contributed by atoms with Gasteiger partial charge in [-0.05, 0) is 36.4 Å². The number of amides is 1. The van der Waals surface area contributed by atoms with Crippen LogP contribution in [0, 0.1) is 0 Å². The molecule has 2 rings (SSSR count). The number of hydrogen-bond donors (Lipinski definition) is 1. The van der Waals surface area contributed by atoms with Crippen LogP contribution in [0.25, 0.3) is 0 Å². The van der Waals surface area contributed by atoms with E-state index in [0.29, 0.717) is 16.3 Å². The first kappa shape index (κ1) is 17.8. The summed E-state index contributed by atoms with van der Waals surface area (Å²) in [7, 11) is 1.46. The van der Waals surface area contributed by atoms with E-state index < -0.39 is 17.6 Å². The van der Waals surface area contributed by atoms with Gasteiger partial charge in [-0.15, -0.1) is 0 Å². The Hall–Kier alpha value is -2.54. The molecule has 0 atom stereocenters. The molecule has 0 aromatic heterocycles. The zero-order valence-electron chi connectivity index (χ0n) is 12.4. The maximum absolute atomic E-state index is 12.6. The Balaban J connectivity index is 2.12. The third-order valence-corrected chi connectivity index (χ3v) is 3.25. The van der Waals surface area contributed by atoms with Crippen LogP contribution < -0.4 is 10.2 Å². The molecule has 126 valence electrons. The van der Waals surface area contributed by atoms with Crippen LogP contribution in [0.1, 0.15) is 21.5 Å². The zero-order valence-corrected chi connectivity index (χ0v) is 13.2. The van der Waals surface area contributed by atoms with Crippen LogP contribution >= 0.6 is 11.6 Å². The SMILES string of the molecule is COc1ccc(Cl)cc1/C=N\NC(=O)c1cccc(C(F)(F)F)c1. The topological polar surface area (TPSA) is 50.7 Å². The number of halogens is 4. The summed E-state index contributed by atoms with van der Waals surface area (Å²) in [5.74, 6) is -0.283. The van der Waals surface area contributed by atoms with Crippen molar-refractivity contribution in [3.05, 3.63) is 64.2 Å². The lowest BCUT2D eigenvalue weighted by Gasteiger charge is -2.08. The van der Waals surface area contributed by atoms with Gasteiger partial charge in [0.1, 0.15) is 5.75 Å². The van der Waals surface area contributed by atoms with Crippen molar-refractivity contribution in [3.63, 3.8) is 0 Å². The highest BCUT2D eigenvalue weighted by Gasteiger charge is 2.30. The van der Waals surface area contributed by atoms with Gasteiger partial charge in [0.15, 0.2) is 0 Å². The van der Waals surface area contributed by atoms with E-state index in [2.05, 4.69) is 10.5 Å². The van der Waals surface area contributed by atoms with Gasteiger partial charge in [0.2, 0.25) is 0 Å². The lowest BCUT2D eigenvalue weighted by molar-refractivity contribution is -0.137. The number of benzene rings is 2. The van der Waals surface area contributed by atoms with Gasteiger partial charge in [0, 0.05) is 16.1 Å². The predicted octanol–water partition coefficient (Wildman–Crippen LogP) is 4.13. The van der Waals surface area contributed by atoms with Crippen molar-refractivity contribution in [1.29, 1.82) is 0 Å². The fourth-order valence-electron chi connectivity index (χ4n) is 1.87. The Bertz CT molecular complexity index is 776. The first-order valence-electron chi connectivity index (χ1n) is 6.65. The van der Waals surface area contributed by atoms with Crippen molar-refractivity contribution in [2.45, 2.75) is 6.18 Å². The number of ether oxygens (including phenoxy) is 1. The molecule has 2 aromatic rings. The Kier molecular flexibility index (Phi) is 5.46. The molecule has 0 aliphatic heterocycles. The van der Waals surface area contributed by atoms with Crippen LogP contribution in [0.4, 0.5) is 13.2 Å². The summed E-state index contributed by atoms with van der Waals surface area (Å²) in [5, 5.41) is 4.16. The molecule has 0 aliphatic rings. The molecule has 24 heavy (non-hydrogen) atoms. The smallest absolute Gasteiger partial charge is 0.416 e. The zero-order chi connectivity index (χ0) is 17.7. The summed E-state index contributed by atoms with van der Waals surface area (Å²) in [5.41, 5.74) is 1.61. The van der Waals surface area contributed by atoms with Crippen molar-refractivity contribution >= 4 is 23.7 Å². The molecule has 0 radical (unpaired) electrons. The van der Waals surface area contributed by atoms with E-state index in [1.54, 1.807) is 18.2 Å². The summed E-state index contributed by atoms with van der Waals surface area (Å²) in [6.07, 6.45) is -3.23. The van der Waals surface area contributed by atoms with Gasteiger partial charge < -0.3 is 4.74 Å². The number of methoxy groups -OCH3 is 1. The normalized spacial score (nSPS) is 11.5. The van der Waals surface area contributed by atoms with E-state index >= 15 is 0 Å². The number of carbonyl (C=O) groups excluding carboxylic acids is 1. The average molecular weight is 357 g/mol. The van der Waals surface area contributed by atoms with E-state index in [4.69, 9.17) is 16.3 Å². The van der Waals surface area contributed by atoms with Gasteiger partial charge >= 0.3 is 6.18 Å². The summed E-state index contributed by atoms with van der Waals surface area (Å²) < 4.78 is 43.0. The monoisotopic (exact) mass is 356 g/mol. The molecular weight excluding hydrogens is 345 g/mol. The van der Waals surface area contributed by atoms with Crippen LogP contribution in [0.15, 0.2) is 47.6 Å². The lowest BCUT2D eigenvalue weighted by atomic mass is 10.1. The van der Waals surface area contributed by atoms with Crippen LogP contribution in [0.3, 0.4) is 0 Å². The summed E-state index contributed by atoms with van der Waals surface area (Å²) in [6.45, 7) is 0. The summed E-state index contributed by atoms with van der Waals surface area (Å²) >= 11 is 5.86. The van der Waals surface area contributed by atoms with E-state index in [9.17, 15) is 18.0 Å². The molecule has 0 bridgehead atoms. The molecule has 1 N–H and O–H groups in total. The van der Waals surface area contributed by atoms with Crippen molar-refractivity contribution in [1.82, 2.24) is 5.43 Å². The predicted molar refractivity (Wildman–Crippen MR) is 84.5 cm³/mol. The van der Waals surface area contributed by atoms with E-state index in [1.165, 1.54) is 19.4 Å². The maximum Gasteiger partial charge on any atom is 0.416 e. The van der Waals surface area contributed by atoms with Gasteiger partial charge in [-0.1, -0.05) is 17.7 Å². The van der Waals surface area contributed by atoms with Crippen molar-refractivity contribution in [2.75, 3.05) is 7.11 Å². The third-order valence-electron chi connectivity index (χ3n) is 3.01. The van der Waals surface area contributed by atoms with Gasteiger partial charge in [-0.25, -0.2) is 5.43 Å². The number of nitrogens with zero attached hydrogens (tertiary/aromatic N) is 1. The number of alkyl halides is 3. The molecule has 1 amide bonds. The molecule has 0 saturated heterocycles. The van der Waals surface area contributed by atoms with E-state index in [-0.39, 0.29) is 5.56 Å². The Labute approximate surface area is 140 Å². The largest absolute Gasteiger partial charge is 0.496 e. The second-order valence-electron chi connectivity index (χ2n) is 4.66. The van der Waals surface area contributed by atoms with Crippen LogP contribution in [0.5, 0.6) is 5.75 Å². The molecule has 2 aromatic carbocycles. The van der Waals surface area contributed by atoms with Crippen LogP contribution in [-0.4, -0.2) is 19.2 Å². The minimum absolute atomic E-state index is 0.153. The third kappa shape index (κ3) is 4.48. The second-order valence-corrected chi connectivity index (χ2v) is 5.10. The number of hydrogen-bond acceptors (Lipinski definition) is 3. The summed E-state index contributed by atoms with van der Waals surface area (Å²) in [6, 6.07) is 8.88. The number of carbonyl (C=O) groups is 1. The molecule has 4 nitrogen and oxygen atoms in total. The van der Waals surface area contributed by atoms with Gasteiger partial charge in [-0.3, -0.25) is 4.79 Å². The van der Waals surface area contributed by atoms with Gasteiger partial charge in [-0.2, -0.15) is 18.3 Å². The Morgan fingerprint density at radius 1 is 1.25 bits per heavy atom. The number of hydrazone groups is 1. The minimum atomic E-state index is -4.52. The van der Waals surface area contributed by atoms with Crippen molar-refractivity contribution < 1.29 is 22.7 Å². The van der Waals surface area contributed by atoms with Crippen molar-refractivity contribution in [2.24, 2.45) is 5.10 Å². The first-order valence-corrected chi connectivity index (χ1v) is 7.03. The van der Waals surface area contributed by atoms with E-state index in [0.717, 1.165) is 18.2 Å². The molecule has 0 unspecified atom stereocenters. The first-order chi connectivity index (χ1) is 11.3. The molecule has 0 fully saturated rings. The molecule has 0 spiro atoms. The fourth-order valence-corrected chi connectivity index (χ4v) is 2.05. The van der Waals surface area contributed by atoms with Gasteiger partial charge in [0.25, 0.3) is 5.91 Å². The fraction of sp³-hybridized carbons (Fsp3) is 0.125. The molecule has 0 heterocycles. The summed E-state index contributed by atoms with van der Waals surface area (Å²) in [4.78, 5) is 11.9. The van der Waals surface area contributed by atoms with Gasteiger partial charge in [0.05, 0.1) is 18.9 Å². The van der Waals surface area contributed by atoms with Crippen molar-refractivity contribution in [3.8, 4) is 5.75 Å². The molecular formula is C16H12ClF3N2O2. The highest BCUT2D eigenvalue weighted by molar-refractivity contribution is 6.30. The lowest BCUT2D eigenvalue weighted by Crippen LogP contribution is -2.18. The highest BCUT2D eigenvalue weighted by Crippen LogP contribution is 2.29.